The minimum Gasteiger partial charge on any atom is -0.497 e. The Kier molecular flexibility index (Phi) is 5.68. The largest absolute Gasteiger partial charge is 0.497 e. The Morgan fingerprint density at radius 1 is 1.21 bits per heavy atom. The van der Waals surface area contributed by atoms with E-state index in [-0.39, 0.29) is 18.1 Å². The fourth-order valence-electron chi connectivity index (χ4n) is 2.94. The number of hydrogen-bond donors (Lipinski definition) is 0. The van der Waals surface area contributed by atoms with E-state index in [2.05, 4.69) is 0 Å². The molecule has 6 nitrogen and oxygen atoms in total. The molecule has 0 saturated carbocycles. The number of ketones is 1. The fourth-order valence-corrected chi connectivity index (χ4v) is 2.94. The van der Waals surface area contributed by atoms with Crippen molar-refractivity contribution in [2.75, 3.05) is 13.7 Å². The van der Waals surface area contributed by atoms with Gasteiger partial charge >= 0.3 is 5.97 Å². The Labute approximate surface area is 163 Å². The number of esters is 1. The van der Waals surface area contributed by atoms with Gasteiger partial charge in [0, 0.05) is 6.07 Å². The van der Waals surface area contributed by atoms with Crippen molar-refractivity contribution in [2.24, 2.45) is 0 Å². The molecule has 0 amide bonds. The first-order valence-corrected chi connectivity index (χ1v) is 8.99. The van der Waals surface area contributed by atoms with Crippen LogP contribution in [0.25, 0.3) is 6.08 Å². The van der Waals surface area contributed by atoms with Crippen LogP contribution in [0.1, 0.15) is 35.3 Å². The first-order valence-electron chi connectivity index (χ1n) is 8.99. The molecule has 0 aliphatic carbocycles. The number of carbonyl (C=O) groups excluding carboxylic acids is 2. The van der Waals surface area contributed by atoms with Gasteiger partial charge in [-0.1, -0.05) is 12.1 Å². The lowest BCUT2D eigenvalue weighted by atomic mass is 10.0. The van der Waals surface area contributed by atoms with E-state index in [1.807, 2.05) is 24.3 Å². The summed E-state index contributed by atoms with van der Waals surface area (Å²) in [5, 5.41) is 0. The Hall–Kier alpha value is -3.28. The molecule has 3 rings (SSSR count). The molecule has 1 heterocycles. The summed E-state index contributed by atoms with van der Waals surface area (Å²) in [6.07, 6.45) is 0.910. The molecule has 146 valence electrons. The van der Waals surface area contributed by atoms with Gasteiger partial charge in [-0.25, -0.2) is 4.79 Å². The highest BCUT2D eigenvalue weighted by atomic mass is 16.6. The topological polar surface area (TPSA) is 71.1 Å². The Bertz CT molecular complexity index is 944. The summed E-state index contributed by atoms with van der Waals surface area (Å²) in [4.78, 5) is 24.5. The van der Waals surface area contributed by atoms with Crippen LogP contribution in [0.15, 0.2) is 42.2 Å². The number of fused-ring (bicyclic) bond motifs is 1. The van der Waals surface area contributed by atoms with Crippen LogP contribution in [0.4, 0.5) is 0 Å². The number of hydrogen-bond acceptors (Lipinski definition) is 6. The van der Waals surface area contributed by atoms with Crippen LogP contribution in [0.2, 0.25) is 0 Å². The molecule has 1 unspecified atom stereocenters. The lowest BCUT2D eigenvalue weighted by molar-refractivity contribution is -0.150. The molecule has 0 aromatic heterocycles. The summed E-state index contributed by atoms with van der Waals surface area (Å²) in [5.41, 5.74) is 1.99. The van der Waals surface area contributed by atoms with Gasteiger partial charge in [0.05, 0.1) is 19.3 Å². The molecule has 1 aliphatic rings. The van der Waals surface area contributed by atoms with Crippen LogP contribution in [0.5, 0.6) is 17.2 Å². The predicted octanol–water partition coefficient (Wildman–Crippen LogP) is 3.95. The summed E-state index contributed by atoms with van der Waals surface area (Å²) in [5.74, 6) is 1.12. The van der Waals surface area contributed by atoms with Crippen LogP contribution in [-0.4, -0.2) is 31.6 Å². The fraction of sp³-hybridized carbons (Fsp3) is 0.273. The third-order valence-corrected chi connectivity index (χ3v) is 4.27. The van der Waals surface area contributed by atoms with Gasteiger partial charge in [0.15, 0.2) is 11.9 Å². The highest BCUT2D eigenvalue weighted by Gasteiger charge is 2.30. The molecular weight excluding hydrogens is 360 g/mol. The molecule has 0 N–H and O–H groups in total. The quantitative estimate of drug-likeness (QED) is 0.556. The summed E-state index contributed by atoms with van der Waals surface area (Å²) in [7, 11) is 1.58. The molecule has 2 aromatic rings. The molecule has 1 atom stereocenters. The van der Waals surface area contributed by atoms with Crippen molar-refractivity contribution in [3.63, 3.8) is 0 Å². The molecular formula is C22H22O6. The van der Waals surface area contributed by atoms with E-state index in [0.29, 0.717) is 28.4 Å². The van der Waals surface area contributed by atoms with Crippen molar-refractivity contribution in [1.82, 2.24) is 0 Å². The van der Waals surface area contributed by atoms with Crippen LogP contribution >= 0.6 is 0 Å². The lowest BCUT2D eigenvalue weighted by Gasteiger charge is -2.14. The normalized spacial score (nSPS) is 15.0. The molecule has 0 radical (unpaired) electrons. The smallest absolute Gasteiger partial charge is 0.347 e. The van der Waals surface area contributed by atoms with E-state index < -0.39 is 12.1 Å². The third kappa shape index (κ3) is 4.01. The summed E-state index contributed by atoms with van der Waals surface area (Å²) < 4.78 is 21.6. The number of Topliss-reactive ketones (excluding diaryl/α,β-unsaturated/α-hetero) is 1. The molecule has 1 aliphatic heterocycles. The van der Waals surface area contributed by atoms with Crippen molar-refractivity contribution in [3.05, 3.63) is 58.8 Å². The monoisotopic (exact) mass is 382 g/mol. The molecule has 2 aromatic carbocycles. The van der Waals surface area contributed by atoms with Crippen molar-refractivity contribution in [2.45, 2.75) is 26.9 Å². The number of allylic oxidation sites excluding steroid dienone is 1. The molecule has 0 fully saturated rings. The maximum absolute atomic E-state index is 12.8. The van der Waals surface area contributed by atoms with E-state index in [1.54, 1.807) is 46.1 Å². The minimum absolute atomic E-state index is 0.194. The SMILES string of the molecule is CCOC(=O)C(C)Oc1cc(C)c2c(c1)O/C(=C\c1cccc(OC)c1)C2=O. The van der Waals surface area contributed by atoms with E-state index in [0.717, 1.165) is 5.56 Å². The van der Waals surface area contributed by atoms with Gasteiger partial charge in [0.2, 0.25) is 5.78 Å². The van der Waals surface area contributed by atoms with Crippen LogP contribution < -0.4 is 14.2 Å². The first-order chi connectivity index (χ1) is 13.4. The number of aryl methyl sites for hydroxylation is 1. The first kappa shape index (κ1) is 19.5. The van der Waals surface area contributed by atoms with E-state index in [9.17, 15) is 9.59 Å². The van der Waals surface area contributed by atoms with Gasteiger partial charge in [0.1, 0.15) is 17.2 Å². The van der Waals surface area contributed by atoms with E-state index in [4.69, 9.17) is 18.9 Å². The highest BCUT2D eigenvalue weighted by Crippen LogP contribution is 2.38. The zero-order valence-electron chi connectivity index (χ0n) is 16.3. The molecule has 0 saturated heterocycles. The maximum atomic E-state index is 12.8. The van der Waals surface area contributed by atoms with Crippen LogP contribution in [0, 0.1) is 6.92 Å². The Balaban J connectivity index is 1.85. The van der Waals surface area contributed by atoms with E-state index in [1.165, 1.54) is 0 Å². The van der Waals surface area contributed by atoms with E-state index >= 15 is 0 Å². The number of benzene rings is 2. The minimum atomic E-state index is -0.763. The second-order valence-electron chi connectivity index (χ2n) is 6.34. The lowest BCUT2D eigenvalue weighted by Crippen LogP contribution is -2.26. The number of carbonyl (C=O) groups is 2. The second kappa shape index (κ2) is 8.17. The van der Waals surface area contributed by atoms with Gasteiger partial charge in [-0.3, -0.25) is 4.79 Å². The standard InChI is InChI=1S/C22H22O6/c1-5-26-22(24)14(3)27-17-9-13(2)20-18(12-17)28-19(21(20)23)11-15-7-6-8-16(10-15)25-4/h6-12,14H,5H2,1-4H3/b19-11-. The zero-order chi connectivity index (χ0) is 20.3. The molecule has 0 bridgehead atoms. The second-order valence-corrected chi connectivity index (χ2v) is 6.34. The van der Waals surface area contributed by atoms with Crippen LogP contribution in [0.3, 0.4) is 0 Å². The number of ether oxygens (including phenoxy) is 4. The highest BCUT2D eigenvalue weighted by molar-refractivity contribution is 6.15. The van der Waals surface area contributed by atoms with Crippen molar-refractivity contribution in [1.29, 1.82) is 0 Å². The summed E-state index contributed by atoms with van der Waals surface area (Å²) in [6.45, 7) is 5.43. The Morgan fingerprint density at radius 2 is 2.00 bits per heavy atom. The van der Waals surface area contributed by atoms with Crippen LogP contribution in [-0.2, 0) is 9.53 Å². The summed E-state index contributed by atoms with van der Waals surface area (Å²) >= 11 is 0. The number of rotatable bonds is 6. The Morgan fingerprint density at radius 3 is 2.71 bits per heavy atom. The van der Waals surface area contributed by atoms with Crippen molar-refractivity contribution in [3.8, 4) is 17.2 Å². The van der Waals surface area contributed by atoms with Gasteiger partial charge in [-0.05, 0) is 56.2 Å². The summed E-state index contributed by atoms with van der Waals surface area (Å²) in [6, 6.07) is 10.7. The number of methoxy groups -OCH3 is 1. The van der Waals surface area contributed by atoms with Gasteiger partial charge in [-0.2, -0.15) is 0 Å². The predicted molar refractivity (Wildman–Crippen MR) is 104 cm³/mol. The third-order valence-electron chi connectivity index (χ3n) is 4.27. The average molecular weight is 382 g/mol. The van der Waals surface area contributed by atoms with Gasteiger partial charge in [-0.15, -0.1) is 0 Å². The molecule has 28 heavy (non-hydrogen) atoms. The maximum Gasteiger partial charge on any atom is 0.347 e. The molecule has 6 heteroatoms. The zero-order valence-corrected chi connectivity index (χ0v) is 16.3. The molecule has 0 spiro atoms. The van der Waals surface area contributed by atoms with Crippen molar-refractivity contribution < 1.29 is 28.5 Å². The van der Waals surface area contributed by atoms with Gasteiger partial charge < -0.3 is 18.9 Å². The average Bonchev–Trinajstić information content (AvgIpc) is 2.97. The van der Waals surface area contributed by atoms with Crippen molar-refractivity contribution >= 4 is 17.8 Å². The van der Waals surface area contributed by atoms with Gasteiger partial charge in [0.25, 0.3) is 0 Å².